The van der Waals surface area contributed by atoms with Crippen LogP contribution in [0.2, 0.25) is 0 Å². The fraction of sp³-hybridized carbons (Fsp3) is 0.161. The molecular formula is C31H24FN7O3. The number of carbonyl (C=O) groups is 1. The second-order valence-electron chi connectivity index (χ2n) is 9.76. The Morgan fingerprint density at radius 3 is 2.60 bits per heavy atom. The molecule has 5 aromatic rings. The Bertz CT molecular complexity index is 1860. The first-order valence-electron chi connectivity index (χ1n) is 13.3. The van der Waals surface area contributed by atoms with Gasteiger partial charge in [-0.1, -0.05) is 12.1 Å². The summed E-state index contributed by atoms with van der Waals surface area (Å²) >= 11 is 0. The zero-order valence-corrected chi connectivity index (χ0v) is 22.3. The number of nitriles is 1. The van der Waals surface area contributed by atoms with Gasteiger partial charge in [0.1, 0.15) is 23.5 Å². The van der Waals surface area contributed by atoms with Crippen molar-refractivity contribution in [2.75, 3.05) is 31.1 Å². The Balaban J connectivity index is 1.20. The first-order valence-corrected chi connectivity index (χ1v) is 13.3. The molecule has 0 atom stereocenters. The fourth-order valence-corrected chi connectivity index (χ4v) is 4.91. The maximum absolute atomic E-state index is 14.9. The van der Waals surface area contributed by atoms with Crippen molar-refractivity contribution in [3.8, 4) is 17.7 Å². The number of hydrogen-bond acceptors (Lipinski definition) is 8. The number of aromatic nitrogens is 4. The van der Waals surface area contributed by atoms with E-state index in [0.29, 0.717) is 65.4 Å². The summed E-state index contributed by atoms with van der Waals surface area (Å²) in [5, 5.41) is 16.8. The quantitative estimate of drug-likeness (QED) is 0.329. The van der Waals surface area contributed by atoms with Gasteiger partial charge in [0.25, 0.3) is 11.5 Å². The van der Waals surface area contributed by atoms with E-state index < -0.39 is 11.7 Å². The van der Waals surface area contributed by atoms with Crippen molar-refractivity contribution in [3.05, 3.63) is 118 Å². The third kappa shape index (κ3) is 5.51. The molecule has 3 aromatic heterocycles. The molecule has 10 nitrogen and oxygen atoms in total. The van der Waals surface area contributed by atoms with E-state index in [1.165, 1.54) is 12.3 Å². The van der Waals surface area contributed by atoms with E-state index in [-0.39, 0.29) is 17.5 Å². The predicted molar refractivity (Wildman–Crippen MR) is 153 cm³/mol. The fourth-order valence-electron chi connectivity index (χ4n) is 4.91. The van der Waals surface area contributed by atoms with Crippen LogP contribution in [-0.2, 0) is 6.42 Å². The summed E-state index contributed by atoms with van der Waals surface area (Å²) in [5.74, 6) is 0.618. The molecule has 1 saturated heterocycles. The Kier molecular flexibility index (Phi) is 7.26. The number of amides is 1. The summed E-state index contributed by atoms with van der Waals surface area (Å²) < 4.78 is 20.8. The molecule has 2 aromatic carbocycles. The van der Waals surface area contributed by atoms with Crippen LogP contribution in [0.15, 0.2) is 83.9 Å². The second-order valence-corrected chi connectivity index (χ2v) is 9.76. The number of nitrogens with one attached hydrogen (secondary N) is 1. The van der Waals surface area contributed by atoms with Crippen LogP contribution >= 0.6 is 0 Å². The summed E-state index contributed by atoms with van der Waals surface area (Å²) in [7, 11) is 0. The molecule has 0 aliphatic carbocycles. The Labute approximate surface area is 239 Å². The van der Waals surface area contributed by atoms with Gasteiger partial charge in [-0.05, 0) is 54.1 Å². The molecule has 4 heterocycles. The zero-order valence-electron chi connectivity index (χ0n) is 22.3. The van der Waals surface area contributed by atoms with Crippen LogP contribution in [0.4, 0.5) is 10.2 Å². The van der Waals surface area contributed by atoms with Crippen molar-refractivity contribution in [1.29, 1.82) is 5.26 Å². The second kappa shape index (κ2) is 11.5. The van der Waals surface area contributed by atoms with Crippen molar-refractivity contribution in [2.24, 2.45) is 0 Å². The molecule has 0 spiro atoms. The molecule has 6 rings (SSSR count). The average Bonchev–Trinajstić information content (AvgIpc) is 3.03. The van der Waals surface area contributed by atoms with Crippen LogP contribution < -0.4 is 15.2 Å². The predicted octanol–water partition coefficient (Wildman–Crippen LogP) is 4.07. The Morgan fingerprint density at radius 2 is 1.86 bits per heavy atom. The van der Waals surface area contributed by atoms with Gasteiger partial charge in [0.2, 0.25) is 5.88 Å². The van der Waals surface area contributed by atoms with Gasteiger partial charge in [0, 0.05) is 56.4 Å². The van der Waals surface area contributed by atoms with Crippen molar-refractivity contribution < 1.29 is 13.9 Å². The van der Waals surface area contributed by atoms with Gasteiger partial charge < -0.3 is 14.5 Å². The number of hydrogen-bond donors (Lipinski definition) is 1. The number of nitrogens with zero attached hydrogens (tertiary/aromatic N) is 6. The lowest BCUT2D eigenvalue weighted by molar-refractivity contribution is 0.0741. The lowest BCUT2D eigenvalue weighted by Gasteiger charge is -2.35. The van der Waals surface area contributed by atoms with E-state index in [2.05, 4.69) is 20.2 Å². The normalized spacial score (nSPS) is 13.1. The monoisotopic (exact) mass is 561 g/mol. The van der Waals surface area contributed by atoms with Crippen LogP contribution in [0.3, 0.4) is 0 Å². The number of aromatic amines is 1. The number of fused-ring (bicyclic) bond motifs is 1. The lowest BCUT2D eigenvalue weighted by Crippen LogP contribution is -2.49. The SMILES string of the molecule is N#Cc1ccc(N2CCN(C(=O)c3cc(Cc4n[nH]c(=O)c5ccc(Oc6ccccn6)cc45)ccc3F)CC2)nc1. The van der Waals surface area contributed by atoms with Gasteiger partial charge in [0.15, 0.2) is 0 Å². The van der Waals surface area contributed by atoms with E-state index in [9.17, 15) is 14.0 Å². The molecule has 0 saturated carbocycles. The van der Waals surface area contributed by atoms with Gasteiger partial charge in [-0.3, -0.25) is 9.59 Å². The first-order chi connectivity index (χ1) is 20.5. The van der Waals surface area contributed by atoms with Crippen LogP contribution in [0, 0.1) is 17.1 Å². The van der Waals surface area contributed by atoms with Crippen molar-refractivity contribution >= 4 is 22.5 Å². The van der Waals surface area contributed by atoms with Crippen LogP contribution in [0.5, 0.6) is 11.6 Å². The van der Waals surface area contributed by atoms with Crippen molar-refractivity contribution in [2.45, 2.75) is 6.42 Å². The number of anilines is 1. The molecule has 0 bridgehead atoms. The number of piperazine rings is 1. The van der Waals surface area contributed by atoms with E-state index in [1.807, 2.05) is 11.0 Å². The first kappa shape index (κ1) is 26.6. The van der Waals surface area contributed by atoms with Gasteiger partial charge in [-0.15, -0.1) is 0 Å². The number of rotatable bonds is 6. The Hall–Kier alpha value is -5.63. The van der Waals surface area contributed by atoms with E-state index in [4.69, 9.17) is 10.00 Å². The van der Waals surface area contributed by atoms with Crippen LogP contribution in [0.1, 0.15) is 27.2 Å². The van der Waals surface area contributed by atoms with Gasteiger partial charge >= 0.3 is 0 Å². The van der Waals surface area contributed by atoms with Gasteiger partial charge in [-0.25, -0.2) is 19.5 Å². The molecular weight excluding hydrogens is 537 g/mol. The molecule has 1 aliphatic heterocycles. The largest absolute Gasteiger partial charge is 0.439 e. The maximum Gasteiger partial charge on any atom is 0.272 e. The summed E-state index contributed by atoms with van der Waals surface area (Å²) in [6, 6.07) is 20.3. The summed E-state index contributed by atoms with van der Waals surface area (Å²) in [6.07, 6.45) is 3.38. The zero-order chi connectivity index (χ0) is 29.1. The highest BCUT2D eigenvalue weighted by Gasteiger charge is 2.25. The smallest absolute Gasteiger partial charge is 0.272 e. The lowest BCUT2D eigenvalue weighted by atomic mass is 10.0. The highest BCUT2D eigenvalue weighted by Crippen LogP contribution is 2.26. The van der Waals surface area contributed by atoms with Crippen molar-refractivity contribution in [3.63, 3.8) is 0 Å². The third-order valence-electron chi connectivity index (χ3n) is 7.10. The minimum absolute atomic E-state index is 0.0228. The molecule has 208 valence electrons. The molecule has 1 fully saturated rings. The minimum Gasteiger partial charge on any atom is -0.439 e. The summed E-state index contributed by atoms with van der Waals surface area (Å²) in [4.78, 5) is 38.0. The molecule has 1 N–H and O–H groups in total. The molecule has 0 radical (unpaired) electrons. The van der Waals surface area contributed by atoms with E-state index >= 15 is 0 Å². The molecule has 1 aliphatic rings. The van der Waals surface area contributed by atoms with Gasteiger partial charge in [0.05, 0.1) is 22.2 Å². The molecule has 0 unspecified atom stereocenters. The average molecular weight is 562 g/mol. The van der Waals surface area contributed by atoms with E-state index in [1.54, 1.807) is 71.8 Å². The third-order valence-corrected chi connectivity index (χ3v) is 7.10. The standard InChI is InChI=1S/C31H24FN7O3/c32-26-8-4-20(15-25(26)31(41)39-13-11-38(12-14-39)28-9-5-21(18-33)19-35-28)16-27-24-17-22(42-29-3-1-2-10-34-29)6-7-23(24)30(40)37-36-27/h1-10,15,17,19H,11-14,16H2,(H,37,40). The van der Waals surface area contributed by atoms with E-state index in [0.717, 1.165) is 5.82 Å². The molecule has 42 heavy (non-hydrogen) atoms. The van der Waals surface area contributed by atoms with Gasteiger partial charge in [-0.2, -0.15) is 10.4 Å². The minimum atomic E-state index is -0.606. The van der Waals surface area contributed by atoms with Crippen molar-refractivity contribution in [1.82, 2.24) is 25.1 Å². The molecule has 1 amide bonds. The highest BCUT2D eigenvalue weighted by atomic mass is 19.1. The molecule has 11 heteroatoms. The highest BCUT2D eigenvalue weighted by molar-refractivity contribution is 5.95. The number of benzene rings is 2. The topological polar surface area (TPSA) is 128 Å². The number of carbonyl (C=O) groups excluding carboxylic acids is 1. The number of pyridine rings is 2. The summed E-state index contributed by atoms with van der Waals surface area (Å²) in [5.41, 5.74) is 1.32. The maximum atomic E-state index is 14.9. The number of ether oxygens (including phenoxy) is 1. The summed E-state index contributed by atoms with van der Waals surface area (Å²) in [6.45, 7) is 1.86. The number of H-pyrrole nitrogens is 1. The van der Waals surface area contributed by atoms with Crippen LogP contribution in [0.25, 0.3) is 10.8 Å². The van der Waals surface area contributed by atoms with Crippen LogP contribution in [-0.4, -0.2) is 57.2 Å². The number of halogens is 1. The Morgan fingerprint density at radius 1 is 1.00 bits per heavy atom.